The molecule has 16 heavy (non-hydrogen) atoms. The third kappa shape index (κ3) is 4.29. The highest BCUT2D eigenvalue weighted by Gasteiger charge is 2.09. The molecule has 0 amide bonds. The molecule has 0 aromatic heterocycles. The molecule has 0 aliphatic rings. The number of hydrogen-bond acceptors (Lipinski definition) is 2. The minimum absolute atomic E-state index is 0.00642. The average molecular weight is 244 g/mol. The van der Waals surface area contributed by atoms with Gasteiger partial charge in [0.05, 0.1) is 0 Å². The van der Waals surface area contributed by atoms with Gasteiger partial charge in [-0.15, -0.1) is 0 Å². The zero-order valence-electron chi connectivity index (χ0n) is 9.17. The third-order valence-corrected chi connectivity index (χ3v) is 2.64. The zero-order valence-corrected chi connectivity index (χ0v) is 9.93. The highest BCUT2D eigenvalue weighted by molar-refractivity contribution is 6.31. The Balaban J connectivity index is 2.59. The summed E-state index contributed by atoms with van der Waals surface area (Å²) in [5, 5.41) is 0.426. The molecule has 0 aliphatic carbocycles. The normalized spacial score (nSPS) is 12.5. The molecule has 0 fully saturated rings. The van der Waals surface area contributed by atoms with Gasteiger partial charge in [0.15, 0.2) is 0 Å². The maximum absolute atomic E-state index is 12.9. The molecule has 1 aromatic carbocycles. The summed E-state index contributed by atoms with van der Waals surface area (Å²) in [6.45, 7) is 1.85. The summed E-state index contributed by atoms with van der Waals surface area (Å²) in [6.07, 6.45) is 1.22. The number of Topliss-reactive ketones (excluding diaryl/α,β-unsaturated/α-hetero) is 1. The van der Waals surface area contributed by atoms with Gasteiger partial charge in [0.25, 0.3) is 0 Å². The van der Waals surface area contributed by atoms with Crippen LogP contribution in [0.1, 0.15) is 25.3 Å². The first kappa shape index (κ1) is 13.1. The van der Waals surface area contributed by atoms with Crippen molar-refractivity contribution in [3.63, 3.8) is 0 Å². The van der Waals surface area contributed by atoms with E-state index in [1.807, 2.05) is 6.92 Å². The monoisotopic (exact) mass is 243 g/mol. The number of ketones is 1. The molecule has 1 aromatic rings. The van der Waals surface area contributed by atoms with Crippen molar-refractivity contribution < 1.29 is 9.18 Å². The Labute approximate surface area is 99.6 Å². The second kappa shape index (κ2) is 5.97. The van der Waals surface area contributed by atoms with Gasteiger partial charge in [0, 0.05) is 23.9 Å². The molecule has 88 valence electrons. The van der Waals surface area contributed by atoms with Crippen LogP contribution in [0.15, 0.2) is 18.2 Å². The maximum Gasteiger partial charge on any atom is 0.137 e. The van der Waals surface area contributed by atoms with Gasteiger partial charge in [-0.1, -0.05) is 11.6 Å². The van der Waals surface area contributed by atoms with Crippen molar-refractivity contribution in [3.05, 3.63) is 34.6 Å². The summed E-state index contributed by atoms with van der Waals surface area (Å²) in [4.78, 5) is 11.5. The minimum atomic E-state index is -0.376. The Morgan fingerprint density at radius 1 is 1.56 bits per heavy atom. The van der Waals surface area contributed by atoms with Gasteiger partial charge in [-0.25, -0.2) is 4.39 Å². The SMILES string of the molecule is CC(N)CCC(=O)Cc1cc(F)ccc1Cl. The van der Waals surface area contributed by atoms with E-state index in [2.05, 4.69) is 0 Å². The first-order chi connectivity index (χ1) is 7.49. The first-order valence-corrected chi connectivity index (χ1v) is 5.58. The van der Waals surface area contributed by atoms with E-state index in [4.69, 9.17) is 17.3 Å². The first-order valence-electron chi connectivity index (χ1n) is 5.20. The Bertz CT molecular complexity index is 379. The number of benzene rings is 1. The number of carbonyl (C=O) groups is 1. The van der Waals surface area contributed by atoms with Crippen LogP contribution < -0.4 is 5.73 Å². The van der Waals surface area contributed by atoms with Crippen molar-refractivity contribution in [2.75, 3.05) is 0 Å². The number of rotatable bonds is 5. The highest BCUT2D eigenvalue weighted by atomic mass is 35.5. The van der Waals surface area contributed by atoms with Gasteiger partial charge < -0.3 is 5.73 Å². The second-order valence-electron chi connectivity index (χ2n) is 3.97. The molecule has 2 N–H and O–H groups in total. The van der Waals surface area contributed by atoms with Crippen molar-refractivity contribution >= 4 is 17.4 Å². The van der Waals surface area contributed by atoms with Crippen LogP contribution in [0.3, 0.4) is 0 Å². The molecular weight excluding hydrogens is 229 g/mol. The molecule has 0 radical (unpaired) electrons. The number of carbonyl (C=O) groups excluding carboxylic acids is 1. The minimum Gasteiger partial charge on any atom is -0.328 e. The molecular formula is C12H15ClFNO. The van der Waals surface area contributed by atoms with Crippen molar-refractivity contribution in [2.45, 2.75) is 32.2 Å². The fourth-order valence-electron chi connectivity index (χ4n) is 1.37. The molecule has 0 aliphatic heterocycles. The summed E-state index contributed by atoms with van der Waals surface area (Å²) >= 11 is 5.86. The molecule has 0 spiro atoms. The van der Waals surface area contributed by atoms with E-state index in [0.717, 1.165) is 0 Å². The van der Waals surface area contributed by atoms with Gasteiger partial charge in [0.1, 0.15) is 11.6 Å². The zero-order chi connectivity index (χ0) is 12.1. The van der Waals surface area contributed by atoms with E-state index in [9.17, 15) is 9.18 Å². The van der Waals surface area contributed by atoms with Crippen LogP contribution in [0.4, 0.5) is 4.39 Å². The van der Waals surface area contributed by atoms with Gasteiger partial charge >= 0.3 is 0 Å². The Kier molecular flexibility index (Phi) is 4.90. The van der Waals surface area contributed by atoms with Crippen molar-refractivity contribution in [3.8, 4) is 0 Å². The standard InChI is InChI=1S/C12H15ClFNO/c1-8(15)2-4-11(16)7-9-6-10(14)3-5-12(9)13/h3,5-6,8H,2,4,7,15H2,1H3. The fraction of sp³-hybridized carbons (Fsp3) is 0.417. The fourth-order valence-corrected chi connectivity index (χ4v) is 1.55. The summed E-state index contributed by atoms with van der Waals surface area (Å²) in [5.41, 5.74) is 6.09. The van der Waals surface area contributed by atoms with Crippen LogP contribution in [0.2, 0.25) is 5.02 Å². The summed E-state index contributed by atoms with van der Waals surface area (Å²) < 4.78 is 12.9. The Morgan fingerprint density at radius 3 is 2.88 bits per heavy atom. The molecule has 0 heterocycles. The van der Waals surface area contributed by atoms with Crippen LogP contribution in [0, 0.1) is 5.82 Å². The van der Waals surface area contributed by atoms with Gasteiger partial charge in [0.2, 0.25) is 0 Å². The van der Waals surface area contributed by atoms with Gasteiger partial charge in [-0.05, 0) is 37.1 Å². The maximum atomic E-state index is 12.9. The lowest BCUT2D eigenvalue weighted by molar-refractivity contribution is -0.118. The topological polar surface area (TPSA) is 43.1 Å². The van der Waals surface area contributed by atoms with Crippen LogP contribution in [-0.2, 0) is 11.2 Å². The number of halogens is 2. The van der Waals surface area contributed by atoms with Gasteiger partial charge in [-0.3, -0.25) is 4.79 Å². The second-order valence-corrected chi connectivity index (χ2v) is 4.37. The van der Waals surface area contributed by atoms with E-state index >= 15 is 0 Å². The number of hydrogen-bond donors (Lipinski definition) is 1. The van der Waals surface area contributed by atoms with Crippen molar-refractivity contribution in [1.29, 1.82) is 0 Å². The average Bonchev–Trinajstić information content (AvgIpc) is 2.20. The van der Waals surface area contributed by atoms with Crippen LogP contribution in [0.25, 0.3) is 0 Å². The van der Waals surface area contributed by atoms with E-state index in [1.54, 1.807) is 0 Å². The lowest BCUT2D eigenvalue weighted by atomic mass is 10.0. The third-order valence-electron chi connectivity index (χ3n) is 2.27. The molecule has 1 unspecified atom stereocenters. The largest absolute Gasteiger partial charge is 0.328 e. The Hall–Kier alpha value is -0.930. The smallest absolute Gasteiger partial charge is 0.137 e. The van der Waals surface area contributed by atoms with E-state index in [0.29, 0.717) is 23.4 Å². The summed E-state index contributed by atoms with van der Waals surface area (Å²) in [6, 6.07) is 4.04. The van der Waals surface area contributed by atoms with Crippen molar-refractivity contribution in [1.82, 2.24) is 0 Å². The summed E-state index contributed by atoms with van der Waals surface area (Å²) in [7, 11) is 0. The summed E-state index contributed by atoms with van der Waals surface area (Å²) in [5.74, 6) is -0.343. The van der Waals surface area contributed by atoms with Crippen molar-refractivity contribution in [2.24, 2.45) is 5.73 Å². The molecule has 1 rings (SSSR count). The van der Waals surface area contributed by atoms with E-state index in [1.165, 1.54) is 18.2 Å². The molecule has 0 saturated carbocycles. The van der Waals surface area contributed by atoms with Crippen LogP contribution in [0.5, 0.6) is 0 Å². The van der Waals surface area contributed by atoms with Gasteiger partial charge in [-0.2, -0.15) is 0 Å². The lowest BCUT2D eigenvalue weighted by Gasteiger charge is -2.06. The Morgan fingerprint density at radius 2 is 2.25 bits per heavy atom. The predicted molar refractivity (Wildman–Crippen MR) is 63.0 cm³/mol. The quantitative estimate of drug-likeness (QED) is 0.864. The molecule has 1 atom stereocenters. The molecule has 2 nitrogen and oxygen atoms in total. The van der Waals surface area contributed by atoms with E-state index < -0.39 is 0 Å². The molecule has 0 bridgehead atoms. The van der Waals surface area contributed by atoms with Crippen LogP contribution in [-0.4, -0.2) is 11.8 Å². The van der Waals surface area contributed by atoms with Crippen LogP contribution >= 0.6 is 11.6 Å². The molecule has 0 saturated heterocycles. The van der Waals surface area contributed by atoms with E-state index in [-0.39, 0.29) is 24.1 Å². The predicted octanol–water partition coefficient (Wildman–Crippen LogP) is 2.72. The lowest BCUT2D eigenvalue weighted by Crippen LogP contribution is -2.17. The highest BCUT2D eigenvalue weighted by Crippen LogP contribution is 2.18. The molecule has 4 heteroatoms. The number of nitrogens with two attached hydrogens (primary N) is 1.